The van der Waals surface area contributed by atoms with Gasteiger partial charge in [-0.05, 0) is 18.6 Å². The predicted molar refractivity (Wildman–Crippen MR) is 51.9 cm³/mol. The molecule has 0 bridgehead atoms. The summed E-state index contributed by atoms with van der Waals surface area (Å²) < 4.78 is 24.6. The van der Waals surface area contributed by atoms with Gasteiger partial charge in [-0.25, -0.2) is 8.78 Å². The third-order valence-corrected chi connectivity index (χ3v) is 2.43. The molecule has 1 heterocycles. The number of hydrogen-bond acceptors (Lipinski definition) is 2. The Morgan fingerprint density at radius 1 is 1.64 bits per heavy atom. The van der Waals surface area contributed by atoms with Crippen LogP contribution < -0.4 is 0 Å². The Labute approximate surface area is 88.5 Å². The molecule has 5 heteroatoms. The molecule has 0 saturated heterocycles. The Kier molecular flexibility index (Phi) is 3.69. The third kappa shape index (κ3) is 2.15. The molecule has 2 nitrogen and oxygen atoms in total. The fourth-order valence-electron chi connectivity index (χ4n) is 1.14. The van der Waals surface area contributed by atoms with Gasteiger partial charge in [0.1, 0.15) is 12.0 Å². The Morgan fingerprint density at radius 2 is 2.29 bits per heavy atom. The molecule has 0 amide bonds. The molecule has 0 N–H and O–H groups in total. The number of halogens is 3. The molecule has 0 aliphatic heterocycles. The number of nitrogens with zero attached hydrogens (tertiary/aromatic N) is 1. The lowest BCUT2D eigenvalue weighted by atomic mass is 10.1. The van der Waals surface area contributed by atoms with Gasteiger partial charge >= 0.3 is 0 Å². The molecule has 1 rings (SSSR count). The lowest BCUT2D eigenvalue weighted by molar-refractivity contribution is 0.112. The summed E-state index contributed by atoms with van der Waals surface area (Å²) in [5.74, 6) is 0. The summed E-state index contributed by atoms with van der Waals surface area (Å²) in [4.78, 5) is 14.3. The van der Waals surface area contributed by atoms with Crippen LogP contribution >= 0.6 is 15.9 Å². The fraction of sp³-hybridized carbons (Fsp3) is 0.333. The van der Waals surface area contributed by atoms with Crippen molar-refractivity contribution in [1.82, 2.24) is 4.98 Å². The number of hydrogen-bond donors (Lipinski definition) is 0. The van der Waals surface area contributed by atoms with Crippen LogP contribution in [-0.2, 0) is 5.33 Å². The van der Waals surface area contributed by atoms with Crippen molar-refractivity contribution >= 4 is 22.2 Å². The summed E-state index contributed by atoms with van der Waals surface area (Å²) in [6.45, 7) is 1.61. The molecule has 0 aliphatic rings. The summed E-state index contributed by atoms with van der Waals surface area (Å²) in [5.41, 5.74) is 1.03. The van der Waals surface area contributed by atoms with E-state index in [9.17, 15) is 13.6 Å². The molecule has 0 aromatic carbocycles. The Bertz CT molecular complexity index is 355. The second-order valence-corrected chi connectivity index (χ2v) is 3.31. The number of rotatable bonds is 3. The maximum Gasteiger partial charge on any atom is 0.280 e. The average molecular weight is 264 g/mol. The van der Waals surface area contributed by atoms with Crippen molar-refractivity contribution in [2.75, 3.05) is 0 Å². The van der Waals surface area contributed by atoms with Gasteiger partial charge in [0.05, 0.1) is 0 Å². The van der Waals surface area contributed by atoms with Crippen LogP contribution in [0.15, 0.2) is 6.07 Å². The number of carbonyl (C=O) groups is 1. The van der Waals surface area contributed by atoms with E-state index in [4.69, 9.17) is 0 Å². The number of aromatic nitrogens is 1. The van der Waals surface area contributed by atoms with E-state index in [0.29, 0.717) is 22.9 Å². The first-order valence-corrected chi connectivity index (χ1v) is 5.02. The van der Waals surface area contributed by atoms with Gasteiger partial charge in [-0.1, -0.05) is 15.9 Å². The summed E-state index contributed by atoms with van der Waals surface area (Å²) >= 11 is 3.18. The van der Waals surface area contributed by atoms with Crippen LogP contribution in [0.3, 0.4) is 0 Å². The van der Waals surface area contributed by atoms with Gasteiger partial charge in [0, 0.05) is 16.6 Å². The highest BCUT2D eigenvalue weighted by molar-refractivity contribution is 9.08. The summed E-state index contributed by atoms with van der Waals surface area (Å²) in [5, 5.41) is 0.434. The summed E-state index contributed by atoms with van der Waals surface area (Å²) in [6, 6.07) is 1.13. The SMILES string of the molecule is Cc1nc(C(F)F)cc(C=O)c1CBr. The zero-order valence-electron chi connectivity index (χ0n) is 7.43. The standard InChI is InChI=1S/C9H8BrF2NO/c1-5-7(3-10)6(4-14)2-8(13-5)9(11)12/h2,4,9H,3H2,1H3. The predicted octanol–water partition coefficient (Wildman–Crippen LogP) is 3.04. The van der Waals surface area contributed by atoms with Crippen LogP contribution in [0, 0.1) is 6.92 Å². The summed E-state index contributed by atoms with van der Waals surface area (Å²) in [6.07, 6.45) is -2.08. The third-order valence-electron chi connectivity index (χ3n) is 1.87. The van der Waals surface area contributed by atoms with Crippen LogP contribution in [0.5, 0.6) is 0 Å². The van der Waals surface area contributed by atoms with Crippen molar-refractivity contribution in [2.45, 2.75) is 18.7 Å². The maximum absolute atomic E-state index is 12.3. The van der Waals surface area contributed by atoms with Crippen molar-refractivity contribution in [3.8, 4) is 0 Å². The van der Waals surface area contributed by atoms with Crippen molar-refractivity contribution in [3.63, 3.8) is 0 Å². The molecule has 14 heavy (non-hydrogen) atoms. The molecule has 1 aromatic rings. The van der Waals surface area contributed by atoms with Gasteiger partial charge in [0.2, 0.25) is 0 Å². The van der Waals surface area contributed by atoms with Crippen LogP contribution in [0.1, 0.15) is 33.7 Å². The van der Waals surface area contributed by atoms with Crippen molar-refractivity contribution in [2.24, 2.45) is 0 Å². The zero-order chi connectivity index (χ0) is 10.7. The van der Waals surface area contributed by atoms with Crippen molar-refractivity contribution in [3.05, 3.63) is 28.6 Å². The normalized spacial score (nSPS) is 10.6. The Morgan fingerprint density at radius 3 is 2.71 bits per heavy atom. The van der Waals surface area contributed by atoms with Gasteiger partial charge in [-0.3, -0.25) is 9.78 Å². The van der Waals surface area contributed by atoms with Gasteiger partial charge in [0.15, 0.2) is 0 Å². The molecule has 1 aromatic heterocycles. The zero-order valence-corrected chi connectivity index (χ0v) is 9.01. The van der Waals surface area contributed by atoms with Gasteiger partial charge in [-0.2, -0.15) is 0 Å². The highest BCUT2D eigenvalue weighted by atomic mass is 79.9. The highest BCUT2D eigenvalue weighted by Gasteiger charge is 2.14. The molecule has 0 unspecified atom stereocenters. The first-order valence-electron chi connectivity index (χ1n) is 3.89. The number of carbonyl (C=O) groups excluding carboxylic acids is 1. The van der Waals surface area contributed by atoms with Gasteiger partial charge in [-0.15, -0.1) is 0 Å². The molecule has 76 valence electrons. The molecule has 0 saturated carbocycles. The molecule has 0 spiro atoms. The average Bonchev–Trinajstić information content (AvgIpc) is 2.16. The maximum atomic E-state index is 12.3. The minimum atomic E-state index is -2.64. The van der Waals surface area contributed by atoms with E-state index >= 15 is 0 Å². The second kappa shape index (κ2) is 4.59. The second-order valence-electron chi connectivity index (χ2n) is 2.75. The molecule has 0 fully saturated rings. The number of alkyl halides is 3. The number of aryl methyl sites for hydroxylation is 1. The largest absolute Gasteiger partial charge is 0.298 e. The van der Waals surface area contributed by atoms with E-state index in [0.717, 1.165) is 6.07 Å². The van der Waals surface area contributed by atoms with Gasteiger partial charge < -0.3 is 0 Å². The summed E-state index contributed by atoms with van der Waals surface area (Å²) in [7, 11) is 0. The Balaban J connectivity index is 3.31. The van der Waals surface area contributed by atoms with Crippen LogP contribution in [0.2, 0.25) is 0 Å². The van der Waals surface area contributed by atoms with E-state index in [1.807, 2.05) is 0 Å². The van der Waals surface area contributed by atoms with E-state index in [2.05, 4.69) is 20.9 Å². The number of aldehydes is 1. The Hall–Kier alpha value is -0.840. The van der Waals surface area contributed by atoms with E-state index in [1.54, 1.807) is 6.92 Å². The molecule has 0 aliphatic carbocycles. The van der Waals surface area contributed by atoms with E-state index in [-0.39, 0.29) is 11.3 Å². The quantitative estimate of drug-likeness (QED) is 0.620. The first kappa shape index (κ1) is 11.2. The minimum absolute atomic E-state index is 0.268. The van der Waals surface area contributed by atoms with Crippen LogP contribution in [-0.4, -0.2) is 11.3 Å². The lowest BCUT2D eigenvalue weighted by Gasteiger charge is -2.07. The smallest absolute Gasteiger partial charge is 0.280 e. The lowest BCUT2D eigenvalue weighted by Crippen LogP contribution is -2.01. The van der Waals surface area contributed by atoms with Crippen molar-refractivity contribution in [1.29, 1.82) is 0 Å². The minimum Gasteiger partial charge on any atom is -0.298 e. The fourth-order valence-corrected chi connectivity index (χ4v) is 1.87. The monoisotopic (exact) mass is 263 g/mol. The molecular formula is C9H8BrF2NO. The van der Waals surface area contributed by atoms with E-state index < -0.39 is 6.43 Å². The highest BCUT2D eigenvalue weighted by Crippen LogP contribution is 2.22. The molecule has 0 radical (unpaired) electrons. The molecular weight excluding hydrogens is 256 g/mol. The van der Waals surface area contributed by atoms with E-state index in [1.165, 1.54) is 0 Å². The van der Waals surface area contributed by atoms with Crippen molar-refractivity contribution < 1.29 is 13.6 Å². The van der Waals surface area contributed by atoms with Crippen LogP contribution in [0.4, 0.5) is 8.78 Å². The van der Waals surface area contributed by atoms with Gasteiger partial charge in [0.25, 0.3) is 6.43 Å². The topological polar surface area (TPSA) is 30.0 Å². The number of pyridine rings is 1. The molecule has 0 atom stereocenters. The van der Waals surface area contributed by atoms with Crippen LogP contribution in [0.25, 0.3) is 0 Å². The first-order chi connectivity index (χ1) is 6.60.